The van der Waals surface area contributed by atoms with Gasteiger partial charge in [-0.3, -0.25) is 0 Å². The highest BCUT2D eigenvalue weighted by Crippen LogP contribution is 2.31. The van der Waals surface area contributed by atoms with Crippen LogP contribution < -0.4 is 5.32 Å². The van der Waals surface area contributed by atoms with Crippen LogP contribution in [0.3, 0.4) is 0 Å². The molecule has 1 unspecified atom stereocenters. The molecular weight excluding hydrogens is 290 g/mol. The molecule has 0 radical (unpaired) electrons. The monoisotopic (exact) mass is 309 g/mol. The zero-order chi connectivity index (χ0) is 15.4. The molecule has 3 rings (SSSR count). The van der Waals surface area contributed by atoms with Crippen LogP contribution in [-0.4, -0.2) is 22.9 Å². The number of benzene rings is 2. The summed E-state index contributed by atoms with van der Waals surface area (Å²) in [7, 11) is 2.09. The lowest BCUT2D eigenvalue weighted by atomic mass is 10.1. The number of hydrogen-bond acceptors (Lipinski definition) is 1. The molecule has 0 amide bonds. The topological polar surface area (TPSA) is 27.6 Å². The fourth-order valence-corrected chi connectivity index (χ4v) is 3.03. The Kier molecular flexibility index (Phi) is 4.49. The van der Waals surface area contributed by atoms with Gasteiger partial charge in [-0.15, -0.1) is 0 Å². The number of nitrogens with one attached hydrogen (secondary N) is 1. The summed E-state index contributed by atoms with van der Waals surface area (Å²) in [4.78, 5) is 6.82. The molecule has 0 bridgehead atoms. The molecule has 0 saturated carbocycles. The predicted molar refractivity (Wildman–Crippen MR) is 96.3 cm³/mol. The van der Waals surface area contributed by atoms with Gasteiger partial charge in [0, 0.05) is 19.2 Å². The fourth-order valence-electron chi connectivity index (χ4n) is 2.81. The largest absolute Gasteiger partial charge is 0.356 e. The first kappa shape index (κ1) is 14.7. The first-order valence-electron chi connectivity index (χ1n) is 7.45. The smallest absolute Gasteiger partial charge is 0.198 e. The number of aliphatic imine (C=N–C) groups is 1. The second kappa shape index (κ2) is 6.71. The molecule has 3 nitrogen and oxygen atoms in total. The number of nitrogens with zero attached hydrogens (tertiary/aromatic N) is 2. The summed E-state index contributed by atoms with van der Waals surface area (Å²) in [5.74, 6) is 1.04. The van der Waals surface area contributed by atoms with Crippen molar-refractivity contribution < 1.29 is 0 Å². The predicted octanol–water partition coefficient (Wildman–Crippen LogP) is 4.25. The minimum absolute atomic E-state index is 0.388. The Labute approximate surface area is 136 Å². The maximum absolute atomic E-state index is 5.36. The van der Waals surface area contributed by atoms with Crippen LogP contribution >= 0.6 is 12.2 Å². The van der Waals surface area contributed by atoms with Crippen LogP contribution in [0.4, 0.5) is 5.69 Å². The van der Waals surface area contributed by atoms with Crippen molar-refractivity contribution >= 4 is 28.9 Å². The summed E-state index contributed by atoms with van der Waals surface area (Å²) in [5.41, 5.74) is 2.30. The molecule has 1 heterocycles. The van der Waals surface area contributed by atoms with Crippen LogP contribution in [0.25, 0.3) is 0 Å². The van der Waals surface area contributed by atoms with E-state index in [9.17, 15) is 0 Å². The Morgan fingerprint density at radius 2 is 1.73 bits per heavy atom. The summed E-state index contributed by atoms with van der Waals surface area (Å²) in [6.45, 7) is 0. The van der Waals surface area contributed by atoms with E-state index >= 15 is 0 Å². The molecule has 112 valence electrons. The Hall–Kier alpha value is -2.20. The van der Waals surface area contributed by atoms with E-state index in [4.69, 9.17) is 12.2 Å². The van der Waals surface area contributed by atoms with E-state index in [0.717, 1.165) is 24.4 Å². The van der Waals surface area contributed by atoms with Crippen molar-refractivity contribution in [3.63, 3.8) is 0 Å². The van der Waals surface area contributed by atoms with Crippen molar-refractivity contribution in [2.24, 2.45) is 4.99 Å². The van der Waals surface area contributed by atoms with E-state index in [1.54, 1.807) is 0 Å². The number of likely N-dealkylation sites (tertiary alicyclic amines) is 1. The molecule has 1 fully saturated rings. The normalized spacial score (nSPS) is 19.4. The lowest BCUT2D eigenvalue weighted by Crippen LogP contribution is -2.24. The quantitative estimate of drug-likeness (QED) is 0.841. The highest BCUT2D eigenvalue weighted by Gasteiger charge is 2.27. The number of anilines is 1. The van der Waals surface area contributed by atoms with Gasteiger partial charge >= 0.3 is 0 Å². The van der Waals surface area contributed by atoms with Gasteiger partial charge in [0.15, 0.2) is 5.11 Å². The van der Waals surface area contributed by atoms with Crippen LogP contribution in [0.2, 0.25) is 0 Å². The molecule has 4 heteroatoms. The zero-order valence-corrected chi connectivity index (χ0v) is 13.4. The highest BCUT2D eigenvalue weighted by molar-refractivity contribution is 7.80. The third kappa shape index (κ3) is 3.34. The number of rotatable bonds is 2. The van der Waals surface area contributed by atoms with Crippen LogP contribution in [-0.2, 0) is 0 Å². The van der Waals surface area contributed by atoms with E-state index in [-0.39, 0.29) is 0 Å². The zero-order valence-electron chi connectivity index (χ0n) is 12.6. The van der Waals surface area contributed by atoms with Crippen LogP contribution in [0.1, 0.15) is 24.4 Å². The van der Waals surface area contributed by atoms with Gasteiger partial charge in [-0.05, 0) is 36.3 Å². The van der Waals surface area contributed by atoms with Gasteiger partial charge in [0.25, 0.3) is 0 Å². The van der Waals surface area contributed by atoms with Crippen molar-refractivity contribution in [3.05, 3.63) is 66.2 Å². The van der Waals surface area contributed by atoms with Crippen molar-refractivity contribution in [2.45, 2.75) is 18.9 Å². The lowest BCUT2D eigenvalue weighted by molar-refractivity contribution is 0.407. The van der Waals surface area contributed by atoms with Gasteiger partial charge in [0.2, 0.25) is 0 Å². The summed E-state index contributed by atoms with van der Waals surface area (Å²) < 4.78 is 0. The Morgan fingerprint density at radius 1 is 1.09 bits per heavy atom. The van der Waals surface area contributed by atoms with Crippen molar-refractivity contribution in [1.29, 1.82) is 0 Å². The summed E-state index contributed by atoms with van der Waals surface area (Å²) in [6, 6.07) is 20.8. The maximum atomic E-state index is 5.36. The second-order valence-corrected chi connectivity index (χ2v) is 5.79. The minimum Gasteiger partial charge on any atom is -0.356 e. The van der Waals surface area contributed by atoms with Gasteiger partial charge in [-0.2, -0.15) is 0 Å². The molecule has 2 aromatic carbocycles. The molecule has 0 spiro atoms. The lowest BCUT2D eigenvalue weighted by Gasteiger charge is -2.22. The van der Waals surface area contributed by atoms with Gasteiger partial charge in [0.05, 0.1) is 6.04 Å². The van der Waals surface area contributed by atoms with Crippen LogP contribution in [0, 0.1) is 0 Å². The van der Waals surface area contributed by atoms with Gasteiger partial charge in [-0.1, -0.05) is 48.5 Å². The van der Waals surface area contributed by atoms with Gasteiger partial charge in [-0.25, -0.2) is 4.99 Å². The van der Waals surface area contributed by atoms with E-state index in [2.05, 4.69) is 46.5 Å². The van der Waals surface area contributed by atoms with E-state index in [1.165, 1.54) is 5.56 Å². The van der Waals surface area contributed by atoms with Crippen LogP contribution in [0.15, 0.2) is 65.7 Å². The standard InChI is InChI=1S/C18H19N3S/c1-21-16(14-8-4-2-5-9-14)12-13-17(21)20-18(22)19-15-10-6-3-7-11-15/h2-11,16H,12-13H2,1H3,(H,19,22). The molecule has 1 aliphatic rings. The van der Waals surface area contributed by atoms with Crippen LogP contribution in [0.5, 0.6) is 0 Å². The molecule has 22 heavy (non-hydrogen) atoms. The molecule has 2 aromatic rings. The van der Waals surface area contributed by atoms with E-state index in [1.807, 2.05) is 36.4 Å². The Bertz CT molecular complexity index is 667. The number of para-hydroxylation sites is 1. The van der Waals surface area contributed by atoms with Gasteiger partial charge < -0.3 is 10.2 Å². The third-order valence-electron chi connectivity index (χ3n) is 3.96. The average molecular weight is 309 g/mol. The molecule has 1 aliphatic heterocycles. The summed E-state index contributed by atoms with van der Waals surface area (Å²) in [6.07, 6.45) is 2.03. The Morgan fingerprint density at radius 3 is 2.41 bits per heavy atom. The number of amidine groups is 1. The molecule has 1 N–H and O–H groups in total. The molecule has 0 aromatic heterocycles. The first-order valence-corrected chi connectivity index (χ1v) is 7.86. The molecule has 1 atom stereocenters. The molecule has 1 saturated heterocycles. The van der Waals surface area contributed by atoms with Gasteiger partial charge in [0.1, 0.15) is 5.84 Å². The van der Waals surface area contributed by atoms with Crippen molar-refractivity contribution in [2.75, 3.05) is 12.4 Å². The average Bonchev–Trinajstić information content (AvgIpc) is 2.90. The Balaban J connectivity index is 1.69. The van der Waals surface area contributed by atoms with Crippen molar-refractivity contribution in [1.82, 2.24) is 4.90 Å². The minimum atomic E-state index is 0.388. The second-order valence-electron chi connectivity index (χ2n) is 5.40. The fraction of sp³-hybridized carbons (Fsp3) is 0.222. The molecule has 0 aliphatic carbocycles. The summed E-state index contributed by atoms with van der Waals surface area (Å²) in [5, 5.41) is 3.68. The maximum Gasteiger partial charge on any atom is 0.198 e. The SMILES string of the molecule is CN1C(=NC(=S)Nc2ccccc2)CCC1c1ccccc1. The number of hydrogen-bond donors (Lipinski definition) is 1. The first-order chi connectivity index (χ1) is 10.7. The highest BCUT2D eigenvalue weighted by atomic mass is 32.1. The third-order valence-corrected chi connectivity index (χ3v) is 4.15. The van der Waals surface area contributed by atoms with E-state index in [0.29, 0.717) is 11.2 Å². The number of thiocarbonyl (C=S) groups is 1. The van der Waals surface area contributed by atoms with Crippen molar-refractivity contribution in [3.8, 4) is 0 Å². The van der Waals surface area contributed by atoms with E-state index < -0.39 is 0 Å². The molecular formula is C18H19N3S. The summed E-state index contributed by atoms with van der Waals surface area (Å²) >= 11 is 5.36.